The van der Waals surface area contributed by atoms with Gasteiger partial charge >= 0.3 is 5.97 Å². The predicted molar refractivity (Wildman–Crippen MR) is 156 cm³/mol. The standard InChI is InChI=1S/C30H30Cl2N4O4/c1-35(2)29(38)21-8-6-19(7-9-21)18-36-14-12-20(13-15-36)22-10-11-23(33-17-22)16-26(30(39)40)34-28(37)27-24(31)4-3-5-25(27)32/h3-12,17,26H,13-16,18H2,1-2H3,(H,34,37)(H,39,40)/t26-/m0/s1. The van der Waals surface area contributed by atoms with Crippen molar-refractivity contribution in [2.45, 2.75) is 25.4 Å². The van der Waals surface area contributed by atoms with Crippen molar-refractivity contribution in [2.24, 2.45) is 0 Å². The van der Waals surface area contributed by atoms with E-state index in [2.05, 4.69) is 21.3 Å². The van der Waals surface area contributed by atoms with Gasteiger partial charge in [-0.2, -0.15) is 0 Å². The Kier molecular flexibility index (Phi) is 9.58. The van der Waals surface area contributed by atoms with Crippen LogP contribution in [-0.2, 0) is 17.8 Å². The number of carboxylic acids is 1. The summed E-state index contributed by atoms with van der Waals surface area (Å²) in [6, 6.07) is 14.9. The Balaban J connectivity index is 1.34. The van der Waals surface area contributed by atoms with Crippen LogP contribution < -0.4 is 5.32 Å². The summed E-state index contributed by atoms with van der Waals surface area (Å²) in [6.45, 7) is 2.45. The van der Waals surface area contributed by atoms with Gasteiger partial charge in [-0.3, -0.25) is 19.5 Å². The molecule has 2 amide bonds. The number of halogens is 2. The van der Waals surface area contributed by atoms with E-state index in [-0.39, 0.29) is 27.9 Å². The first-order valence-corrected chi connectivity index (χ1v) is 13.5. The molecule has 1 aliphatic rings. The summed E-state index contributed by atoms with van der Waals surface area (Å²) in [5.74, 6) is -1.85. The number of aliphatic carboxylic acids is 1. The molecule has 40 heavy (non-hydrogen) atoms. The van der Waals surface area contributed by atoms with E-state index in [1.165, 1.54) is 17.7 Å². The highest BCUT2D eigenvalue weighted by atomic mass is 35.5. The van der Waals surface area contributed by atoms with Crippen molar-refractivity contribution >= 4 is 46.6 Å². The van der Waals surface area contributed by atoms with E-state index in [4.69, 9.17) is 23.2 Å². The Morgan fingerprint density at radius 3 is 2.30 bits per heavy atom. The Morgan fingerprint density at radius 1 is 1.05 bits per heavy atom. The Labute approximate surface area is 243 Å². The zero-order valence-corrected chi connectivity index (χ0v) is 23.7. The first kappa shape index (κ1) is 29.3. The quantitative estimate of drug-likeness (QED) is 0.376. The van der Waals surface area contributed by atoms with Crippen molar-refractivity contribution in [3.63, 3.8) is 0 Å². The number of pyridine rings is 1. The van der Waals surface area contributed by atoms with Crippen LogP contribution in [0.4, 0.5) is 0 Å². The molecule has 8 nitrogen and oxygen atoms in total. The Bertz CT molecular complexity index is 1400. The van der Waals surface area contributed by atoms with Crippen molar-refractivity contribution in [1.29, 1.82) is 0 Å². The number of nitrogens with zero attached hydrogens (tertiary/aromatic N) is 3. The van der Waals surface area contributed by atoms with E-state index in [1.54, 1.807) is 37.3 Å². The first-order chi connectivity index (χ1) is 19.1. The van der Waals surface area contributed by atoms with Crippen LogP contribution in [0.2, 0.25) is 10.0 Å². The van der Waals surface area contributed by atoms with E-state index in [9.17, 15) is 19.5 Å². The van der Waals surface area contributed by atoms with Crippen molar-refractivity contribution < 1.29 is 19.5 Å². The van der Waals surface area contributed by atoms with Crippen LogP contribution in [0.15, 0.2) is 66.9 Å². The molecule has 1 atom stereocenters. The summed E-state index contributed by atoms with van der Waals surface area (Å²) < 4.78 is 0. The highest BCUT2D eigenvalue weighted by molar-refractivity contribution is 6.39. The van der Waals surface area contributed by atoms with E-state index in [0.29, 0.717) is 11.3 Å². The maximum atomic E-state index is 12.7. The lowest BCUT2D eigenvalue weighted by atomic mass is 9.99. The minimum absolute atomic E-state index is 0.00911. The molecule has 0 saturated heterocycles. The fourth-order valence-electron chi connectivity index (χ4n) is 4.48. The third-order valence-electron chi connectivity index (χ3n) is 6.71. The Hall–Kier alpha value is -3.72. The molecule has 10 heteroatoms. The lowest BCUT2D eigenvalue weighted by Crippen LogP contribution is -2.42. The third kappa shape index (κ3) is 7.27. The van der Waals surface area contributed by atoms with Gasteiger partial charge in [-0.1, -0.05) is 53.5 Å². The van der Waals surface area contributed by atoms with Gasteiger partial charge in [0.15, 0.2) is 0 Å². The average Bonchev–Trinajstić information content (AvgIpc) is 2.93. The van der Waals surface area contributed by atoms with E-state index < -0.39 is 17.9 Å². The van der Waals surface area contributed by atoms with E-state index in [0.717, 1.165) is 37.2 Å². The van der Waals surface area contributed by atoms with Crippen LogP contribution >= 0.6 is 23.2 Å². The molecule has 4 rings (SSSR count). The number of amides is 2. The number of rotatable bonds is 9. The molecule has 0 spiro atoms. The van der Waals surface area contributed by atoms with Gasteiger partial charge in [0.2, 0.25) is 0 Å². The third-order valence-corrected chi connectivity index (χ3v) is 7.34. The smallest absolute Gasteiger partial charge is 0.326 e. The summed E-state index contributed by atoms with van der Waals surface area (Å²) in [5.41, 5.74) is 4.56. The topological polar surface area (TPSA) is 103 Å². The molecule has 0 radical (unpaired) electrons. The monoisotopic (exact) mass is 580 g/mol. The van der Waals surface area contributed by atoms with Crippen molar-refractivity contribution in [1.82, 2.24) is 20.1 Å². The molecule has 2 aromatic carbocycles. The molecule has 208 valence electrons. The summed E-state index contributed by atoms with van der Waals surface area (Å²) >= 11 is 12.2. The number of hydrogen-bond donors (Lipinski definition) is 2. The number of carboxylic acid groups (broad SMARTS) is 1. The van der Waals surface area contributed by atoms with Crippen molar-refractivity contribution in [3.05, 3.63) is 105 Å². The lowest BCUT2D eigenvalue weighted by molar-refractivity contribution is -0.139. The van der Waals surface area contributed by atoms with Crippen molar-refractivity contribution in [2.75, 3.05) is 27.2 Å². The maximum absolute atomic E-state index is 12.7. The number of benzene rings is 2. The van der Waals surface area contributed by atoms with E-state index >= 15 is 0 Å². The second kappa shape index (κ2) is 13.1. The summed E-state index contributed by atoms with van der Waals surface area (Å²) in [6.07, 6.45) is 4.78. The molecule has 0 bridgehead atoms. The molecule has 1 aromatic heterocycles. The fourth-order valence-corrected chi connectivity index (χ4v) is 5.04. The maximum Gasteiger partial charge on any atom is 0.326 e. The minimum atomic E-state index is -1.20. The highest BCUT2D eigenvalue weighted by Crippen LogP contribution is 2.25. The molecule has 0 saturated carbocycles. The number of carbonyl (C=O) groups excluding carboxylic acids is 2. The largest absolute Gasteiger partial charge is 0.480 e. The van der Waals surface area contributed by atoms with Gasteiger partial charge < -0.3 is 15.3 Å². The zero-order valence-electron chi connectivity index (χ0n) is 22.2. The zero-order chi connectivity index (χ0) is 28.8. The fraction of sp³-hybridized carbons (Fsp3) is 0.267. The second-order valence-electron chi connectivity index (χ2n) is 9.81. The van der Waals surface area contributed by atoms with Crippen LogP contribution in [0.25, 0.3) is 5.57 Å². The van der Waals surface area contributed by atoms with Crippen LogP contribution in [0.1, 0.15) is 44.0 Å². The van der Waals surface area contributed by atoms with Gasteiger partial charge in [0.1, 0.15) is 6.04 Å². The summed E-state index contributed by atoms with van der Waals surface area (Å²) in [4.78, 5) is 45.0. The van der Waals surface area contributed by atoms with Gasteiger partial charge in [0.25, 0.3) is 11.8 Å². The molecule has 1 aliphatic heterocycles. The number of carbonyl (C=O) groups is 3. The first-order valence-electron chi connectivity index (χ1n) is 12.8. The van der Waals surface area contributed by atoms with Gasteiger partial charge in [-0.05, 0) is 53.5 Å². The molecule has 0 fully saturated rings. The summed E-state index contributed by atoms with van der Waals surface area (Å²) in [5, 5.41) is 12.5. The van der Waals surface area contributed by atoms with Gasteiger partial charge in [0, 0.05) is 57.6 Å². The summed E-state index contributed by atoms with van der Waals surface area (Å²) in [7, 11) is 3.48. The van der Waals surface area contributed by atoms with E-state index in [1.807, 2.05) is 30.3 Å². The van der Waals surface area contributed by atoms with Crippen molar-refractivity contribution in [3.8, 4) is 0 Å². The van der Waals surface area contributed by atoms with Crippen LogP contribution in [0.5, 0.6) is 0 Å². The highest BCUT2D eigenvalue weighted by Gasteiger charge is 2.24. The van der Waals surface area contributed by atoms with Gasteiger partial charge in [-0.25, -0.2) is 4.79 Å². The Morgan fingerprint density at radius 2 is 1.75 bits per heavy atom. The second-order valence-corrected chi connectivity index (χ2v) is 10.6. The molecule has 2 heterocycles. The SMILES string of the molecule is CN(C)C(=O)c1ccc(CN2CC=C(c3ccc(C[C@H](NC(=O)c4c(Cl)cccc4Cl)C(=O)O)nc3)CC2)cc1. The van der Waals surface area contributed by atoms with Gasteiger partial charge in [0.05, 0.1) is 15.6 Å². The predicted octanol–water partition coefficient (Wildman–Crippen LogP) is 4.81. The number of hydrogen-bond acceptors (Lipinski definition) is 5. The molecule has 0 aliphatic carbocycles. The van der Waals surface area contributed by atoms with Crippen LogP contribution in [0.3, 0.4) is 0 Å². The van der Waals surface area contributed by atoms with Crippen LogP contribution in [0, 0.1) is 0 Å². The van der Waals surface area contributed by atoms with Gasteiger partial charge in [-0.15, -0.1) is 0 Å². The average molecular weight is 582 g/mol. The number of aromatic nitrogens is 1. The molecule has 2 N–H and O–H groups in total. The molecular weight excluding hydrogens is 551 g/mol. The number of nitrogens with one attached hydrogen (secondary N) is 1. The normalized spacial score (nSPS) is 14.2. The molecule has 3 aromatic rings. The minimum Gasteiger partial charge on any atom is -0.480 e. The molecule has 0 unspecified atom stereocenters. The van der Waals surface area contributed by atoms with Crippen LogP contribution in [-0.4, -0.2) is 70.9 Å². The lowest BCUT2D eigenvalue weighted by Gasteiger charge is -2.26. The molecular formula is C30H30Cl2N4O4.